The summed E-state index contributed by atoms with van der Waals surface area (Å²) in [6.07, 6.45) is 3.34. The fourth-order valence-corrected chi connectivity index (χ4v) is 2.23. The first-order valence-corrected chi connectivity index (χ1v) is 6.38. The molecule has 0 aliphatic rings. The van der Waals surface area contributed by atoms with E-state index in [-0.39, 0.29) is 5.95 Å². The molecule has 0 aliphatic heterocycles. The highest BCUT2D eigenvalue weighted by molar-refractivity contribution is 5.88. The number of rotatable bonds is 2. The van der Waals surface area contributed by atoms with E-state index in [0.717, 1.165) is 22.1 Å². The predicted octanol–water partition coefficient (Wildman–Crippen LogP) is 2.23. The Morgan fingerprint density at radius 2 is 2.05 bits per heavy atom. The molecule has 0 saturated heterocycles. The first-order chi connectivity index (χ1) is 10.3. The van der Waals surface area contributed by atoms with Crippen LogP contribution in [0.25, 0.3) is 22.1 Å². The van der Waals surface area contributed by atoms with Crippen molar-refractivity contribution in [2.75, 3.05) is 11.1 Å². The van der Waals surface area contributed by atoms with Crippen LogP contribution in [0.1, 0.15) is 0 Å². The molecule has 1 aromatic carbocycles. The van der Waals surface area contributed by atoms with Gasteiger partial charge in [0.2, 0.25) is 5.95 Å². The summed E-state index contributed by atoms with van der Waals surface area (Å²) in [4.78, 5) is 19.7. The van der Waals surface area contributed by atoms with E-state index in [4.69, 9.17) is 5.73 Å². The zero-order valence-electron chi connectivity index (χ0n) is 10.9. The zero-order chi connectivity index (χ0) is 14.2. The molecule has 0 radical (unpaired) electrons. The maximum atomic E-state index is 5.70. The molecule has 4 aromatic rings. The Bertz CT molecular complexity index is 944. The number of nitrogen functional groups attached to an aromatic ring is 1. The molecular formula is C14H11N7. The number of nitrogens with zero attached hydrogens (tertiary/aromatic N) is 4. The second-order valence-corrected chi connectivity index (χ2v) is 4.57. The van der Waals surface area contributed by atoms with E-state index in [1.165, 1.54) is 0 Å². The standard InChI is InChI=1S/C14H11N7/c15-14-20-12-11(17-7-18-12)13(21-14)19-9-3-4-10-8(6-9)2-1-5-16-10/h1-7H,(H4,15,17,18,19,20,21). The number of aromatic nitrogens is 5. The second-order valence-electron chi connectivity index (χ2n) is 4.57. The van der Waals surface area contributed by atoms with Crippen LogP contribution in [0.4, 0.5) is 17.5 Å². The van der Waals surface area contributed by atoms with Gasteiger partial charge >= 0.3 is 0 Å². The molecule has 4 rings (SSSR count). The van der Waals surface area contributed by atoms with E-state index >= 15 is 0 Å². The number of benzene rings is 1. The van der Waals surface area contributed by atoms with Gasteiger partial charge < -0.3 is 16.0 Å². The normalized spacial score (nSPS) is 11.0. The van der Waals surface area contributed by atoms with E-state index in [0.29, 0.717) is 11.5 Å². The van der Waals surface area contributed by atoms with Crippen molar-refractivity contribution in [2.45, 2.75) is 0 Å². The van der Waals surface area contributed by atoms with E-state index in [9.17, 15) is 0 Å². The number of anilines is 3. The first-order valence-electron chi connectivity index (χ1n) is 6.38. The van der Waals surface area contributed by atoms with Gasteiger partial charge in [-0.05, 0) is 24.3 Å². The summed E-state index contributed by atoms with van der Waals surface area (Å²) >= 11 is 0. The van der Waals surface area contributed by atoms with Crippen molar-refractivity contribution in [2.24, 2.45) is 0 Å². The van der Waals surface area contributed by atoms with Crippen molar-refractivity contribution >= 4 is 39.5 Å². The highest BCUT2D eigenvalue weighted by atomic mass is 15.1. The third-order valence-electron chi connectivity index (χ3n) is 3.17. The number of fused-ring (bicyclic) bond motifs is 2. The Kier molecular flexibility index (Phi) is 2.43. The van der Waals surface area contributed by atoms with Crippen LogP contribution in [0.5, 0.6) is 0 Å². The van der Waals surface area contributed by atoms with Crippen molar-refractivity contribution in [3.63, 3.8) is 0 Å². The number of nitrogens with two attached hydrogens (primary N) is 1. The predicted molar refractivity (Wildman–Crippen MR) is 81.1 cm³/mol. The van der Waals surface area contributed by atoms with Gasteiger partial charge in [-0.2, -0.15) is 9.97 Å². The molecule has 0 saturated carbocycles. The smallest absolute Gasteiger partial charge is 0.224 e. The molecule has 0 amide bonds. The van der Waals surface area contributed by atoms with Crippen molar-refractivity contribution in [1.82, 2.24) is 24.9 Å². The highest BCUT2D eigenvalue weighted by Crippen LogP contribution is 2.24. The number of hydrogen-bond donors (Lipinski definition) is 3. The Balaban J connectivity index is 1.80. The molecule has 7 nitrogen and oxygen atoms in total. The number of aromatic amines is 1. The number of pyridine rings is 1. The highest BCUT2D eigenvalue weighted by Gasteiger charge is 2.08. The van der Waals surface area contributed by atoms with Crippen LogP contribution in [0.3, 0.4) is 0 Å². The molecule has 0 unspecified atom stereocenters. The number of hydrogen-bond acceptors (Lipinski definition) is 6. The number of imidazole rings is 1. The largest absolute Gasteiger partial charge is 0.368 e. The average molecular weight is 277 g/mol. The summed E-state index contributed by atoms with van der Waals surface area (Å²) in [5, 5.41) is 4.28. The van der Waals surface area contributed by atoms with E-state index < -0.39 is 0 Å². The minimum absolute atomic E-state index is 0.180. The maximum Gasteiger partial charge on any atom is 0.224 e. The van der Waals surface area contributed by atoms with Crippen molar-refractivity contribution in [3.8, 4) is 0 Å². The minimum Gasteiger partial charge on any atom is -0.368 e. The number of nitrogens with one attached hydrogen (secondary N) is 2. The molecule has 3 heterocycles. The van der Waals surface area contributed by atoms with Crippen LogP contribution in [-0.2, 0) is 0 Å². The van der Waals surface area contributed by atoms with Crippen molar-refractivity contribution < 1.29 is 0 Å². The Morgan fingerprint density at radius 1 is 1.10 bits per heavy atom. The lowest BCUT2D eigenvalue weighted by Crippen LogP contribution is -2.01. The van der Waals surface area contributed by atoms with Gasteiger partial charge in [-0.1, -0.05) is 6.07 Å². The molecule has 0 atom stereocenters. The molecule has 0 spiro atoms. The monoisotopic (exact) mass is 277 g/mol. The van der Waals surface area contributed by atoms with Crippen LogP contribution in [0.15, 0.2) is 42.9 Å². The second kappa shape index (κ2) is 4.41. The topological polar surface area (TPSA) is 105 Å². The molecular weight excluding hydrogens is 266 g/mol. The molecule has 7 heteroatoms. The molecule has 0 bridgehead atoms. The van der Waals surface area contributed by atoms with Gasteiger partial charge in [-0.25, -0.2) is 4.98 Å². The third-order valence-corrected chi connectivity index (χ3v) is 3.17. The van der Waals surface area contributed by atoms with E-state index in [1.54, 1.807) is 12.5 Å². The van der Waals surface area contributed by atoms with Crippen LogP contribution in [-0.4, -0.2) is 24.9 Å². The summed E-state index contributed by atoms with van der Waals surface area (Å²) in [6, 6.07) is 9.81. The molecule has 21 heavy (non-hydrogen) atoms. The fourth-order valence-electron chi connectivity index (χ4n) is 2.23. The minimum atomic E-state index is 0.180. The van der Waals surface area contributed by atoms with Gasteiger partial charge in [0.25, 0.3) is 0 Å². The maximum absolute atomic E-state index is 5.70. The molecule has 4 N–H and O–H groups in total. The van der Waals surface area contributed by atoms with Gasteiger partial charge in [-0.3, -0.25) is 4.98 Å². The molecule has 102 valence electrons. The van der Waals surface area contributed by atoms with Crippen LogP contribution in [0.2, 0.25) is 0 Å². The Hall–Kier alpha value is -3.22. The lowest BCUT2D eigenvalue weighted by Gasteiger charge is -2.07. The summed E-state index contributed by atoms with van der Waals surface area (Å²) in [5.74, 6) is 0.776. The van der Waals surface area contributed by atoms with Crippen LogP contribution < -0.4 is 11.1 Å². The van der Waals surface area contributed by atoms with E-state index in [2.05, 4.69) is 30.2 Å². The zero-order valence-corrected chi connectivity index (χ0v) is 10.9. The lowest BCUT2D eigenvalue weighted by atomic mass is 10.2. The first kappa shape index (κ1) is 11.6. The summed E-state index contributed by atoms with van der Waals surface area (Å²) in [6.45, 7) is 0. The summed E-state index contributed by atoms with van der Waals surface area (Å²) < 4.78 is 0. The van der Waals surface area contributed by atoms with Gasteiger partial charge in [0.05, 0.1) is 11.8 Å². The van der Waals surface area contributed by atoms with Crippen LogP contribution in [0, 0.1) is 0 Å². The average Bonchev–Trinajstić information content (AvgIpc) is 2.95. The van der Waals surface area contributed by atoms with Crippen LogP contribution >= 0.6 is 0 Å². The van der Waals surface area contributed by atoms with Crippen molar-refractivity contribution in [3.05, 3.63) is 42.9 Å². The SMILES string of the molecule is Nc1nc(Nc2ccc3ncccc3c2)c2[nH]cnc2n1. The molecule has 0 aliphatic carbocycles. The number of H-pyrrole nitrogens is 1. The van der Waals surface area contributed by atoms with Gasteiger partial charge in [0.15, 0.2) is 11.5 Å². The fraction of sp³-hybridized carbons (Fsp3) is 0. The Labute approximate surface area is 119 Å². The van der Waals surface area contributed by atoms with E-state index in [1.807, 2.05) is 30.3 Å². The lowest BCUT2D eigenvalue weighted by molar-refractivity contribution is 1.21. The van der Waals surface area contributed by atoms with Gasteiger partial charge in [0, 0.05) is 17.3 Å². The summed E-state index contributed by atoms with van der Waals surface area (Å²) in [5.41, 5.74) is 8.79. The Morgan fingerprint density at radius 3 is 3.00 bits per heavy atom. The molecule has 0 fully saturated rings. The van der Waals surface area contributed by atoms with Gasteiger partial charge in [-0.15, -0.1) is 0 Å². The quantitative estimate of drug-likeness (QED) is 0.519. The third kappa shape index (κ3) is 2.00. The summed E-state index contributed by atoms with van der Waals surface area (Å²) in [7, 11) is 0. The van der Waals surface area contributed by atoms with Crippen molar-refractivity contribution in [1.29, 1.82) is 0 Å². The van der Waals surface area contributed by atoms with Gasteiger partial charge in [0.1, 0.15) is 5.52 Å². The molecule has 3 aromatic heterocycles.